The first-order valence-corrected chi connectivity index (χ1v) is 7.55. The van der Waals surface area contributed by atoms with Gasteiger partial charge in [0.15, 0.2) is 5.57 Å². The van der Waals surface area contributed by atoms with Crippen LogP contribution in [0.5, 0.6) is 0 Å². The molecule has 0 spiro atoms. The molecule has 0 heterocycles. The van der Waals surface area contributed by atoms with Gasteiger partial charge in [0.25, 0.3) is 0 Å². The number of halogens is 1. The zero-order chi connectivity index (χ0) is 15.7. The molecule has 0 aromatic heterocycles. The van der Waals surface area contributed by atoms with E-state index in [1.54, 1.807) is 38.1 Å². The minimum absolute atomic E-state index is 0.148. The normalized spacial score (nSPS) is 9.67. The number of carbonyl (C=O) groups is 2. The van der Waals surface area contributed by atoms with E-state index >= 15 is 0 Å². The Kier molecular flexibility index (Phi) is 7.71. The molecule has 7 heteroatoms. The number of esters is 2. The summed E-state index contributed by atoms with van der Waals surface area (Å²) in [7, 11) is 0. The number of benzene rings is 1. The first-order chi connectivity index (χ1) is 10.1. The van der Waals surface area contributed by atoms with Crippen LogP contribution in [0.1, 0.15) is 13.8 Å². The molecular weight excluding hydrogens is 314 g/mol. The summed E-state index contributed by atoms with van der Waals surface area (Å²) < 4.78 is 12.6. The zero-order valence-electron chi connectivity index (χ0n) is 11.7. The van der Waals surface area contributed by atoms with Crippen LogP contribution < -0.4 is 4.72 Å². The minimum atomic E-state index is -0.707. The average Bonchev–Trinajstić information content (AvgIpc) is 2.46. The van der Waals surface area contributed by atoms with E-state index in [-0.39, 0.29) is 18.8 Å². The maximum Gasteiger partial charge on any atom is 0.346 e. The lowest BCUT2D eigenvalue weighted by molar-refractivity contribution is -0.146. The Balaban J connectivity index is 2.71. The number of nitrogens with one attached hydrogen (secondary N) is 1. The van der Waals surface area contributed by atoms with Crippen LogP contribution in [0.25, 0.3) is 0 Å². The summed E-state index contributed by atoms with van der Waals surface area (Å²) >= 11 is 6.85. The summed E-state index contributed by atoms with van der Waals surface area (Å²) in [6, 6.07) is 7.01. The quantitative estimate of drug-likeness (QED) is 0.272. The van der Waals surface area contributed by atoms with Crippen LogP contribution in [-0.4, -0.2) is 25.2 Å². The van der Waals surface area contributed by atoms with E-state index in [1.807, 2.05) is 0 Å². The Morgan fingerprint density at radius 1 is 1.14 bits per heavy atom. The van der Waals surface area contributed by atoms with Gasteiger partial charge in [0, 0.05) is 16.1 Å². The fraction of sp³-hybridized carbons (Fsp3) is 0.286. The van der Waals surface area contributed by atoms with Gasteiger partial charge in [-0.2, -0.15) is 0 Å². The summed E-state index contributed by atoms with van der Waals surface area (Å²) in [5, 5.41) is 1.99. The van der Waals surface area contributed by atoms with Crippen LogP contribution in [-0.2, 0) is 19.1 Å². The first kappa shape index (κ1) is 17.4. The van der Waals surface area contributed by atoms with Crippen molar-refractivity contribution in [1.82, 2.24) is 0 Å². The molecule has 0 radical (unpaired) electrons. The van der Waals surface area contributed by atoms with Gasteiger partial charge in [-0.3, -0.25) is 0 Å². The molecule has 0 bridgehead atoms. The number of carbonyl (C=O) groups excluding carboxylic acids is 2. The zero-order valence-corrected chi connectivity index (χ0v) is 13.3. The van der Waals surface area contributed by atoms with Crippen molar-refractivity contribution >= 4 is 41.2 Å². The predicted molar refractivity (Wildman–Crippen MR) is 84.0 cm³/mol. The highest BCUT2D eigenvalue weighted by atomic mass is 35.5. The molecule has 0 amide bonds. The predicted octanol–water partition coefficient (Wildman–Crippen LogP) is 3.41. The summed E-state index contributed by atoms with van der Waals surface area (Å²) in [4.78, 5) is 23.4. The maximum atomic E-state index is 11.7. The lowest BCUT2D eigenvalue weighted by atomic mass is 10.3. The minimum Gasteiger partial charge on any atom is -0.462 e. The fourth-order valence-corrected chi connectivity index (χ4v) is 2.04. The number of rotatable bonds is 7. The monoisotopic (exact) mass is 329 g/mol. The van der Waals surface area contributed by atoms with Crippen LogP contribution in [0, 0.1) is 0 Å². The Morgan fingerprint density at radius 3 is 2.14 bits per heavy atom. The number of ether oxygens (including phenoxy) is 2. The lowest BCUT2D eigenvalue weighted by Gasteiger charge is -2.07. The van der Waals surface area contributed by atoms with Gasteiger partial charge in [0.1, 0.15) is 0 Å². The van der Waals surface area contributed by atoms with Gasteiger partial charge in [-0.25, -0.2) is 9.59 Å². The molecule has 21 heavy (non-hydrogen) atoms. The van der Waals surface area contributed by atoms with Crippen LogP contribution >= 0.6 is 23.5 Å². The molecule has 0 saturated carbocycles. The average molecular weight is 330 g/mol. The first-order valence-electron chi connectivity index (χ1n) is 6.30. The van der Waals surface area contributed by atoms with Crippen molar-refractivity contribution in [2.75, 3.05) is 17.9 Å². The molecule has 0 aliphatic heterocycles. The maximum absolute atomic E-state index is 11.7. The van der Waals surface area contributed by atoms with Crippen molar-refractivity contribution in [2.24, 2.45) is 0 Å². The molecule has 0 unspecified atom stereocenters. The van der Waals surface area contributed by atoms with Crippen molar-refractivity contribution in [2.45, 2.75) is 13.8 Å². The second-order valence-corrected chi connectivity index (χ2v) is 4.81. The van der Waals surface area contributed by atoms with Crippen LogP contribution in [0.15, 0.2) is 35.2 Å². The highest BCUT2D eigenvalue weighted by Crippen LogP contribution is 2.18. The van der Waals surface area contributed by atoms with Crippen molar-refractivity contribution in [3.8, 4) is 0 Å². The SMILES string of the molecule is CCOC(=O)C(=CSNc1ccc(Cl)cc1)C(=O)OCC. The lowest BCUT2D eigenvalue weighted by Crippen LogP contribution is -2.18. The molecule has 1 rings (SSSR count). The van der Waals surface area contributed by atoms with Gasteiger partial charge in [0.05, 0.1) is 13.2 Å². The van der Waals surface area contributed by atoms with Gasteiger partial charge in [-0.05, 0) is 50.1 Å². The number of hydrogen-bond acceptors (Lipinski definition) is 6. The van der Waals surface area contributed by atoms with Crippen LogP contribution in [0.3, 0.4) is 0 Å². The Hall–Kier alpha value is -1.66. The third-order valence-electron chi connectivity index (χ3n) is 2.19. The van der Waals surface area contributed by atoms with Gasteiger partial charge < -0.3 is 14.2 Å². The fourth-order valence-electron chi connectivity index (χ4n) is 1.27. The molecule has 114 valence electrons. The van der Waals surface area contributed by atoms with Crippen LogP contribution in [0.2, 0.25) is 5.02 Å². The molecule has 0 fully saturated rings. The molecule has 0 saturated heterocycles. The summed E-state index contributed by atoms with van der Waals surface area (Å²) in [6.45, 7) is 3.70. The van der Waals surface area contributed by atoms with Crippen molar-refractivity contribution < 1.29 is 19.1 Å². The van der Waals surface area contributed by atoms with E-state index in [4.69, 9.17) is 21.1 Å². The molecule has 1 N–H and O–H groups in total. The molecule has 0 aliphatic rings. The highest BCUT2D eigenvalue weighted by molar-refractivity contribution is 8.03. The standard InChI is InChI=1S/C14H16ClNO4S/c1-3-19-13(17)12(14(18)20-4-2)9-21-16-11-7-5-10(15)6-8-11/h5-9,16H,3-4H2,1-2H3. The Bertz CT molecular complexity index is 496. The Morgan fingerprint density at radius 2 is 1.67 bits per heavy atom. The molecule has 1 aromatic rings. The van der Waals surface area contributed by atoms with E-state index in [2.05, 4.69) is 4.72 Å². The van der Waals surface area contributed by atoms with Gasteiger partial charge in [-0.15, -0.1) is 0 Å². The van der Waals surface area contributed by atoms with Crippen molar-refractivity contribution in [3.63, 3.8) is 0 Å². The van der Waals surface area contributed by atoms with Crippen LogP contribution in [0.4, 0.5) is 5.69 Å². The smallest absolute Gasteiger partial charge is 0.346 e. The van der Waals surface area contributed by atoms with E-state index in [0.717, 1.165) is 17.6 Å². The van der Waals surface area contributed by atoms with Gasteiger partial charge >= 0.3 is 11.9 Å². The van der Waals surface area contributed by atoms with Crippen molar-refractivity contribution in [3.05, 3.63) is 40.3 Å². The van der Waals surface area contributed by atoms with E-state index in [0.29, 0.717) is 5.02 Å². The summed E-state index contributed by atoms with van der Waals surface area (Å²) in [5.74, 6) is -1.41. The third kappa shape index (κ3) is 6.10. The van der Waals surface area contributed by atoms with E-state index < -0.39 is 11.9 Å². The second kappa shape index (κ2) is 9.31. The second-order valence-electron chi connectivity index (χ2n) is 3.70. The van der Waals surface area contributed by atoms with Crippen molar-refractivity contribution in [1.29, 1.82) is 0 Å². The molecule has 1 aromatic carbocycles. The Labute approximate surface area is 132 Å². The summed E-state index contributed by atoms with van der Waals surface area (Å²) in [6.07, 6.45) is 0. The molecule has 0 atom stereocenters. The molecule has 5 nitrogen and oxygen atoms in total. The third-order valence-corrected chi connectivity index (χ3v) is 3.15. The highest BCUT2D eigenvalue weighted by Gasteiger charge is 2.20. The molecule has 0 aliphatic carbocycles. The van der Waals surface area contributed by atoms with E-state index in [1.165, 1.54) is 5.41 Å². The van der Waals surface area contributed by atoms with Gasteiger partial charge in [0.2, 0.25) is 0 Å². The topological polar surface area (TPSA) is 64.6 Å². The number of anilines is 1. The largest absolute Gasteiger partial charge is 0.462 e. The molecular formula is C14H16ClNO4S. The van der Waals surface area contributed by atoms with Gasteiger partial charge in [-0.1, -0.05) is 11.6 Å². The number of hydrogen-bond donors (Lipinski definition) is 1. The van der Waals surface area contributed by atoms with E-state index in [9.17, 15) is 9.59 Å². The summed E-state index contributed by atoms with van der Waals surface area (Å²) in [5.41, 5.74) is 0.637.